The van der Waals surface area contributed by atoms with Gasteiger partial charge in [-0.1, -0.05) is 264 Å². The highest BCUT2D eigenvalue weighted by Crippen LogP contribution is 2.23. The second-order valence-corrected chi connectivity index (χ2v) is 20.8. The largest absolute Gasteiger partial charge is 0.457 e. The van der Waals surface area contributed by atoms with E-state index >= 15 is 0 Å². The Morgan fingerprint density at radius 3 is 1.19 bits per heavy atom. The quantitative estimate of drug-likeness (QED) is 0.0267. The minimum atomic E-state index is -1.53. The van der Waals surface area contributed by atoms with E-state index in [1.807, 2.05) is 0 Å². The maximum Gasteiger partial charge on any atom is 0.306 e. The zero-order chi connectivity index (χ0) is 49.2. The highest BCUT2D eigenvalue weighted by molar-refractivity contribution is 5.69. The van der Waals surface area contributed by atoms with Gasteiger partial charge in [-0.05, 0) is 38.5 Å². The van der Waals surface area contributed by atoms with E-state index in [4.69, 9.17) is 18.9 Å². The van der Waals surface area contributed by atoms with E-state index in [1.54, 1.807) is 0 Å². The molecule has 1 aliphatic rings. The lowest BCUT2D eigenvalue weighted by atomic mass is 9.99. The Hall–Kier alpha value is -1.07. The lowest BCUT2D eigenvalue weighted by molar-refractivity contribution is -0.305. The summed E-state index contributed by atoms with van der Waals surface area (Å²) in [5, 5.41) is 40.4. The second-order valence-electron chi connectivity index (χ2n) is 20.8. The van der Waals surface area contributed by atoms with Gasteiger partial charge in [0.2, 0.25) is 0 Å². The fourth-order valence-electron chi connectivity index (χ4n) is 9.55. The van der Waals surface area contributed by atoms with Crippen molar-refractivity contribution in [1.29, 1.82) is 0 Å². The summed E-state index contributed by atoms with van der Waals surface area (Å²) in [4.78, 5) is 12.9. The van der Waals surface area contributed by atoms with Crippen molar-refractivity contribution in [2.24, 2.45) is 0 Å². The van der Waals surface area contributed by atoms with Gasteiger partial charge < -0.3 is 39.4 Å². The molecule has 4 N–H and O–H groups in total. The highest BCUT2D eigenvalue weighted by atomic mass is 16.7. The molecule has 0 amide bonds. The van der Waals surface area contributed by atoms with E-state index in [9.17, 15) is 25.2 Å². The van der Waals surface area contributed by atoms with Crippen molar-refractivity contribution in [1.82, 2.24) is 0 Å². The molecule has 6 unspecified atom stereocenters. The maximum atomic E-state index is 12.9. The van der Waals surface area contributed by atoms with Crippen molar-refractivity contribution >= 4 is 5.97 Å². The molecule has 9 heteroatoms. The van der Waals surface area contributed by atoms with Gasteiger partial charge in [0.25, 0.3) is 0 Å². The Balaban J connectivity index is 2.13. The molecule has 1 heterocycles. The van der Waals surface area contributed by atoms with Gasteiger partial charge in [0.1, 0.15) is 30.5 Å². The Labute approximate surface area is 420 Å². The monoisotopic (exact) mass is 967 g/mol. The lowest BCUT2D eigenvalue weighted by Crippen LogP contribution is -2.59. The SMILES string of the molecule is CCCCCCCCCC/C=C\CCCCCCCCCCCCOCC(COC1OC(CO)C(O)C(O)C1O)OC(=O)CCCCCCCCCCCCCCCCCCCCCCCCC. The van der Waals surface area contributed by atoms with Gasteiger partial charge in [0.15, 0.2) is 6.29 Å². The first-order chi connectivity index (χ1) is 33.4. The number of allylic oxidation sites excluding steroid dienone is 2. The summed E-state index contributed by atoms with van der Waals surface area (Å²) in [6.07, 6.45) is 54.1. The number of esters is 1. The zero-order valence-electron chi connectivity index (χ0n) is 44.9. The van der Waals surface area contributed by atoms with Gasteiger partial charge >= 0.3 is 5.97 Å². The Morgan fingerprint density at radius 1 is 0.456 bits per heavy atom. The fraction of sp³-hybridized carbons (Fsp3) is 0.949. The van der Waals surface area contributed by atoms with Crippen LogP contribution in [0.5, 0.6) is 0 Å². The molecular weight excluding hydrogens is 853 g/mol. The predicted molar refractivity (Wildman–Crippen MR) is 284 cm³/mol. The van der Waals surface area contributed by atoms with Crippen LogP contribution in [-0.4, -0.2) is 89.6 Å². The summed E-state index contributed by atoms with van der Waals surface area (Å²) >= 11 is 0. The van der Waals surface area contributed by atoms with Crippen molar-refractivity contribution in [2.75, 3.05) is 26.4 Å². The number of hydrogen-bond acceptors (Lipinski definition) is 9. The molecule has 0 radical (unpaired) electrons. The van der Waals surface area contributed by atoms with Crippen molar-refractivity contribution in [2.45, 2.75) is 333 Å². The number of unbranched alkanes of at least 4 members (excludes halogenated alkanes) is 40. The van der Waals surface area contributed by atoms with Crippen LogP contribution in [0.1, 0.15) is 296 Å². The standard InChI is InChI=1S/C59H114O9/c1-3-5-7-9-11-13-15-17-19-21-23-25-27-28-30-32-34-36-38-40-42-44-46-48-55(61)67-53(52-66-59-58(64)57(63)56(62)54(50-60)68-59)51-65-49-47-45-43-41-39-37-35-33-31-29-26-24-22-20-18-16-14-12-10-8-6-4-2/h22,24,53-54,56-60,62-64H,3-21,23,25-52H2,1-2H3/b24-22-. The first kappa shape index (κ1) is 64.9. The summed E-state index contributed by atoms with van der Waals surface area (Å²) in [6, 6.07) is 0. The molecule has 1 rings (SSSR count). The molecule has 0 aromatic heterocycles. The van der Waals surface area contributed by atoms with Crippen molar-refractivity contribution in [3.05, 3.63) is 12.2 Å². The Morgan fingerprint density at radius 2 is 0.809 bits per heavy atom. The van der Waals surface area contributed by atoms with Crippen molar-refractivity contribution < 1.29 is 44.2 Å². The highest BCUT2D eigenvalue weighted by Gasteiger charge is 2.44. The number of rotatable bonds is 53. The van der Waals surface area contributed by atoms with Crippen LogP contribution >= 0.6 is 0 Å². The summed E-state index contributed by atoms with van der Waals surface area (Å²) in [6.45, 7) is 4.63. The van der Waals surface area contributed by atoms with Crippen LogP contribution in [0.4, 0.5) is 0 Å². The molecule has 1 aliphatic heterocycles. The maximum absolute atomic E-state index is 12.9. The molecule has 1 fully saturated rings. The molecule has 6 atom stereocenters. The molecule has 1 saturated heterocycles. The van der Waals surface area contributed by atoms with E-state index in [0.717, 1.165) is 32.1 Å². The van der Waals surface area contributed by atoms with Crippen LogP contribution in [0.15, 0.2) is 12.2 Å². The molecule has 0 aromatic carbocycles. The number of aliphatic hydroxyl groups excluding tert-OH is 4. The third-order valence-electron chi connectivity index (χ3n) is 14.2. The van der Waals surface area contributed by atoms with Gasteiger partial charge in [0, 0.05) is 13.0 Å². The van der Waals surface area contributed by atoms with E-state index in [-0.39, 0.29) is 19.2 Å². The van der Waals surface area contributed by atoms with E-state index < -0.39 is 43.4 Å². The first-order valence-electron chi connectivity index (χ1n) is 29.8. The van der Waals surface area contributed by atoms with Crippen molar-refractivity contribution in [3.63, 3.8) is 0 Å². The molecular formula is C59H114O9. The normalized spacial score (nSPS) is 19.1. The third kappa shape index (κ3) is 40.5. The van der Waals surface area contributed by atoms with Crippen LogP contribution in [-0.2, 0) is 23.7 Å². The van der Waals surface area contributed by atoms with Crippen LogP contribution < -0.4 is 0 Å². The van der Waals surface area contributed by atoms with Crippen LogP contribution in [0.3, 0.4) is 0 Å². The zero-order valence-corrected chi connectivity index (χ0v) is 44.9. The first-order valence-corrected chi connectivity index (χ1v) is 29.8. The second kappa shape index (κ2) is 50.9. The number of ether oxygens (including phenoxy) is 4. The number of carbonyl (C=O) groups is 1. The van der Waals surface area contributed by atoms with Crippen LogP contribution in [0.2, 0.25) is 0 Å². The number of carbonyl (C=O) groups excluding carboxylic acids is 1. The van der Waals surface area contributed by atoms with Gasteiger partial charge in [-0.3, -0.25) is 4.79 Å². The minimum absolute atomic E-state index is 0.107. The number of aliphatic hydroxyl groups is 4. The van der Waals surface area contributed by atoms with Gasteiger partial charge in [-0.2, -0.15) is 0 Å². The molecule has 0 spiro atoms. The molecule has 0 saturated carbocycles. The molecule has 0 aliphatic carbocycles. The van der Waals surface area contributed by atoms with Gasteiger partial charge in [-0.15, -0.1) is 0 Å². The van der Waals surface area contributed by atoms with Gasteiger partial charge in [0.05, 0.1) is 19.8 Å². The average molecular weight is 968 g/mol. The molecule has 404 valence electrons. The van der Waals surface area contributed by atoms with Gasteiger partial charge in [-0.25, -0.2) is 0 Å². The summed E-state index contributed by atoms with van der Waals surface area (Å²) < 4.78 is 23.0. The molecule has 68 heavy (non-hydrogen) atoms. The van der Waals surface area contributed by atoms with Crippen molar-refractivity contribution in [3.8, 4) is 0 Å². The fourth-order valence-corrected chi connectivity index (χ4v) is 9.55. The number of hydrogen-bond donors (Lipinski definition) is 4. The Bertz CT molecular complexity index is 1060. The summed E-state index contributed by atoms with van der Waals surface area (Å²) in [5.41, 5.74) is 0. The van der Waals surface area contributed by atoms with E-state index in [0.29, 0.717) is 13.0 Å². The smallest absolute Gasteiger partial charge is 0.306 e. The molecule has 0 bridgehead atoms. The third-order valence-corrected chi connectivity index (χ3v) is 14.2. The lowest BCUT2D eigenvalue weighted by Gasteiger charge is -2.39. The minimum Gasteiger partial charge on any atom is -0.457 e. The summed E-state index contributed by atoms with van der Waals surface area (Å²) in [5.74, 6) is -0.305. The molecule has 0 aromatic rings. The molecule has 9 nitrogen and oxygen atoms in total. The summed E-state index contributed by atoms with van der Waals surface area (Å²) in [7, 11) is 0. The Kier molecular flexibility index (Phi) is 48.6. The topological polar surface area (TPSA) is 135 Å². The average Bonchev–Trinajstić information content (AvgIpc) is 3.34. The predicted octanol–water partition coefficient (Wildman–Crippen LogP) is 15.5. The van der Waals surface area contributed by atoms with Crippen LogP contribution in [0, 0.1) is 0 Å². The van der Waals surface area contributed by atoms with E-state index in [2.05, 4.69) is 26.0 Å². The van der Waals surface area contributed by atoms with Crippen LogP contribution in [0.25, 0.3) is 0 Å². The van der Waals surface area contributed by atoms with E-state index in [1.165, 1.54) is 244 Å².